The second kappa shape index (κ2) is 5.57. The van der Waals surface area contributed by atoms with Crippen LogP contribution in [-0.2, 0) is 6.54 Å². The predicted molar refractivity (Wildman–Crippen MR) is 69.4 cm³/mol. The highest BCUT2D eigenvalue weighted by Crippen LogP contribution is 2.17. The van der Waals surface area contributed by atoms with Crippen LogP contribution in [-0.4, -0.2) is 11.3 Å². The summed E-state index contributed by atoms with van der Waals surface area (Å²) in [6.07, 6.45) is 0. The first-order valence-corrected chi connectivity index (χ1v) is 6.46. The molecule has 2 heteroatoms. The lowest BCUT2D eigenvalue weighted by Crippen LogP contribution is -2.35. The Morgan fingerprint density at radius 1 is 1.13 bits per heavy atom. The lowest BCUT2D eigenvalue weighted by Gasteiger charge is -2.20. The zero-order chi connectivity index (χ0) is 11.3. The Balaban J connectivity index is 2.50. The fraction of sp³-hybridized carbons (Fsp3) is 0.538. The van der Waals surface area contributed by atoms with Gasteiger partial charge in [0.05, 0.1) is 0 Å². The first-order valence-electron chi connectivity index (χ1n) is 5.48. The largest absolute Gasteiger partial charge is 0.308 e. The van der Waals surface area contributed by atoms with Gasteiger partial charge in [0.15, 0.2) is 0 Å². The van der Waals surface area contributed by atoms with Gasteiger partial charge < -0.3 is 5.32 Å². The second-order valence-corrected chi connectivity index (χ2v) is 6.02. The van der Waals surface area contributed by atoms with E-state index in [2.05, 4.69) is 57.3 Å². The number of benzene rings is 1. The molecule has 15 heavy (non-hydrogen) atoms. The van der Waals surface area contributed by atoms with Gasteiger partial charge in [0.1, 0.15) is 0 Å². The maximum absolute atomic E-state index is 3.48. The number of hydrogen-bond acceptors (Lipinski definition) is 2. The van der Waals surface area contributed by atoms with Crippen molar-refractivity contribution in [3.8, 4) is 0 Å². The molecular weight excluding hydrogens is 202 g/mol. The topological polar surface area (TPSA) is 12.0 Å². The zero-order valence-corrected chi connectivity index (χ0v) is 10.9. The van der Waals surface area contributed by atoms with E-state index < -0.39 is 0 Å². The van der Waals surface area contributed by atoms with E-state index in [0.29, 0.717) is 0 Å². The summed E-state index contributed by atoms with van der Waals surface area (Å²) in [4.78, 5) is 1.36. The molecule has 0 heterocycles. The fourth-order valence-corrected chi connectivity index (χ4v) is 1.90. The number of nitrogens with one attached hydrogen (secondary N) is 1. The summed E-state index contributed by atoms with van der Waals surface area (Å²) in [6, 6.07) is 8.81. The Morgan fingerprint density at radius 2 is 1.73 bits per heavy atom. The molecule has 0 aliphatic carbocycles. The third-order valence-corrected chi connectivity index (χ3v) is 2.95. The lowest BCUT2D eigenvalue weighted by molar-refractivity contribution is 0.424. The van der Waals surface area contributed by atoms with Crippen molar-refractivity contribution in [3.63, 3.8) is 0 Å². The van der Waals surface area contributed by atoms with Crippen LogP contribution in [0.25, 0.3) is 0 Å². The molecular formula is C13H21NS. The van der Waals surface area contributed by atoms with Gasteiger partial charge in [0, 0.05) is 17.0 Å². The summed E-state index contributed by atoms with van der Waals surface area (Å²) in [5, 5.41) is 3.48. The molecule has 84 valence electrons. The summed E-state index contributed by atoms with van der Waals surface area (Å²) < 4.78 is 0. The van der Waals surface area contributed by atoms with Gasteiger partial charge in [-0.15, -0.1) is 11.8 Å². The van der Waals surface area contributed by atoms with Gasteiger partial charge in [-0.2, -0.15) is 0 Å². The van der Waals surface area contributed by atoms with E-state index >= 15 is 0 Å². The number of rotatable bonds is 4. The van der Waals surface area contributed by atoms with Crippen LogP contribution in [0.3, 0.4) is 0 Å². The third-order valence-electron chi connectivity index (χ3n) is 2.06. The molecule has 1 aromatic carbocycles. The van der Waals surface area contributed by atoms with Crippen LogP contribution in [0.1, 0.15) is 33.3 Å². The molecule has 0 aliphatic heterocycles. The standard InChI is InChI=1S/C13H21NS/c1-5-15-12-8-6-11(7-9-12)10-14-13(2,3)4/h6-9,14H,5,10H2,1-4H3. The highest BCUT2D eigenvalue weighted by Gasteiger charge is 2.07. The molecule has 1 rings (SSSR count). The third kappa shape index (κ3) is 5.24. The van der Waals surface area contributed by atoms with E-state index in [1.807, 2.05) is 11.8 Å². The van der Waals surface area contributed by atoms with Gasteiger partial charge in [0.25, 0.3) is 0 Å². The monoisotopic (exact) mass is 223 g/mol. The molecule has 0 radical (unpaired) electrons. The van der Waals surface area contributed by atoms with Crippen molar-refractivity contribution in [2.45, 2.75) is 44.7 Å². The average molecular weight is 223 g/mol. The van der Waals surface area contributed by atoms with Crippen LogP contribution < -0.4 is 5.32 Å². The van der Waals surface area contributed by atoms with Crippen molar-refractivity contribution in [2.24, 2.45) is 0 Å². The van der Waals surface area contributed by atoms with Crippen LogP contribution in [0.5, 0.6) is 0 Å². The molecule has 0 saturated carbocycles. The van der Waals surface area contributed by atoms with Crippen molar-refractivity contribution in [1.29, 1.82) is 0 Å². The molecule has 1 N–H and O–H groups in total. The van der Waals surface area contributed by atoms with E-state index in [1.54, 1.807) is 0 Å². The van der Waals surface area contributed by atoms with E-state index in [1.165, 1.54) is 10.5 Å². The molecule has 0 aliphatic rings. The Morgan fingerprint density at radius 3 is 2.20 bits per heavy atom. The van der Waals surface area contributed by atoms with Crippen LogP contribution in [0.2, 0.25) is 0 Å². The van der Waals surface area contributed by atoms with Crippen molar-refractivity contribution >= 4 is 11.8 Å². The molecule has 0 aromatic heterocycles. The second-order valence-electron chi connectivity index (χ2n) is 4.68. The van der Waals surface area contributed by atoms with E-state index in [0.717, 1.165) is 12.3 Å². The van der Waals surface area contributed by atoms with Gasteiger partial charge in [-0.25, -0.2) is 0 Å². The highest BCUT2D eigenvalue weighted by molar-refractivity contribution is 7.99. The van der Waals surface area contributed by atoms with Gasteiger partial charge in [-0.1, -0.05) is 19.1 Å². The Hall–Kier alpha value is -0.470. The summed E-state index contributed by atoms with van der Waals surface area (Å²) in [6.45, 7) is 9.69. The predicted octanol–water partition coefficient (Wildman–Crippen LogP) is 3.69. The van der Waals surface area contributed by atoms with Crippen molar-refractivity contribution < 1.29 is 0 Å². The van der Waals surface area contributed by atoms with Gasteiger partial charge in [-0.3, -0.25) is 0 Å². The van der Waals surface area contributed by atoms with Crippen molar-refractivity contribution in [2.75, 3.05) is 5.75 Å². The molecule has 0 bridgehead atoms. The maximum Gasteiger partial charge on any atom is 0.0210 e. The minimum Gasteiger partial charge on any atom is -0.308 e. The van der Waals surface area contributed by atoms with Crippen molar-refractivity contribution in [3.05, 3.63) is 29.8 Å². The first kappa shape index (κ1) is 12.6. The SMILES string of the molecule is CCSc1ccc(CNC(C)(C)C)cc1. The molecule has 0 spiro atoms. The van der Waals surface area contributed by atoms with Gasteiger partial charge >= 0.3 is 0 Å². The molecule has 0 saturated heterocycles. The van der Waals surface area contributed by atoms with E-state index in [4.69, 9.17) is 0 Å². The minimum atomic E-state index is 0.191. The van der Waals surface area contributed by atoms with Gasteiger partial charge in [-0.05, 0) is 44.2 Å². The molecule has 0 fully saturated rings. The average Bonchev–Trinajstić information content (AvgIpc) is 2.16. The smallest absolute Gasteiger partial charge is 0.0210 e. The van der Waals surface area contributed by atoms with Crippen LogP contribution >= 0.6 is 11.8 Å². The summed E-state index contributed by atoms with van der Waals surface area (Å²) in [7, 11) is 0. The lowest BCUT2D eigenvalue weighted by atomic mass is 10.1. The highest BCUT2D eigenvalue weighted by atomic mass is 32.2. The molecule has 1 aromatic rings. The number of hydrogen-bond donors (Lipinski definition) is 1. The van der Waals surface area contributed by atoms with Crippen LogP contribution in [0.15, 0.2) is 29.2 Å². The van der Waals surface area contributed by atoms with Gasteiger partial charge in [0.2, 0.25) is 0 Å². The Bertz CT molecular complexity index is 284. The zero-order valence-electron chi connectivity index (χ0n) is 10.1. The molecule has 0 atom stereocenters. The normalized spacial score (nSPS) is 11.7. The van der Waals surface area contributed by atoms with Crippen LogP contribution in [0, 0.1) is 0 Å². The summed E-state index contributed by atoms with van der Waals surface area (Å²) in [5.74, 6) is 1.14. The van der Waals surface area contributed by atoms with Crippen LogP contribution in [0.4, 0.5) is 0 Å². The van der Waals surface area contributed by atoms with E-state index in [9.17, 15) is 0 Å². The van der Waals surface area contributed by atoms with Crippen molar-refractivity contribution in [1.82, 2.24) is 5.32 Å². The molecule has 0 unspecified atom stereocenters. The quantitative estimate of drug-likeness (QED) is 0.781. The summed E-state index contributed by atoms with van der Waals surface area (Å²) in [5.41, 5.74) is 1.54. The fourth-order valence-electron chi connectivity index (χ4n) is 1.24. The Labute approximate surface area is 97.7 Å². The first-order chi connectivity index (χ1) is 7.01. The number of thioether (sulfide) groups is 1. The maximum atomic E-state index is 3.48. The van der Waals surface area contributed by atoms with E-state index in [-0.39, 0.29) is 5.54 Å². The minimum absolute atomic E-state index is 0.191. The molecule has 0 amide bonds. The summed E-state index contributed by atoms with van der Waals surface area (Å²) >= 11 is 1.89. The Kier molecular flexibility index (Phi) is 4.68. The molecule has 1 nitrogen and oxygen atoms in total.